The summed E-state index contributed by atoms with van der Waals surface area (Å²) in [4.78, 5) is 26.8. The number of carbonyl (C=O) groups is 1. The van der Waals surface area contributed by atoms with Gasteiger partial charge in [-0.1, -0.05) is 18.2 Å². The third kappa shape index (κ3) is 4.15. The van der Waals surface area contributed by atoms with Gasteiger partial charge in [0.15, 0.2) is 5.82 Å². The highest BCUT2D eigenvalue weighted by molar-refractivity contribution is 7.22. The predicted molar refractivity (Wildman–Crippen MR) is 128 cm³/mol. The van der Waals surface area contributed by atoms with Crippen molar-refractivity contribution >= 4 is 39.0 Å². The van der Waals surface area contributed by atoms with Crippen molar-refractivity contribution in [1.29, 1.82) is 0 Å². The second-order valence-electron chi connectivity index (χ2n) is 7.90. The van der Waals surface area contributed by atoms with Crippen molar-refractivity contribution < 1.29 is 9.90 Å². The molecule has 1 aliphatic heterocycles. The Labute approximate surface area is 190 Å². The topological polar surface area (TPSA) is 81.6 Å². The molecular formula is C24H23N5O2S. The summed E-state index contributed by atoms with van der Waals surface area (Å²) >= 11 is 1.59. The number of hydrogen-bond acceptors (Lipinski definition) is 7. The maximum Gasteiger partial charge on any atom is 0.253 e. The van der Waals surface area contributed by atoms with E-state index in [9.17, 15) is 9.90 Å². The van der Waals surface area contributed by atoms with Gasteiger partial charge >= 0.3 is 0 Å². The standard InChI is InChI=1S/C24H23N5O2S/c1-28-9-11-29(12-10-28)24(31)17-7-5-16(6-8-17)21-14-20-22(32-21)23(26-15-25-20)27-18-3-2-4-19(30)13-18/h2-8,13-15,30H,9-12H2,1H3,(H,25,26,27). The van der Waals surface area contributed by atoms with Crippen LogP contribution in [0.5, 0.6) is 5.75 Å². The average Bonchev–Trinajstić information content (AvgIpc) is 3.25. The number of benzene rings is 2. The molecule has 4 aromatic rings. The molecular weight excluding hydrogens is 422 g/mol. The van der Waals surface area contributed by atoms with Gasteiger partial charge in [-0.3, -0.25) is 4.79 Å². The number of anilines is 2. The first-order valence-electron chi connectivity index (χ1n) is 10.5. The number of nitrogens with one attached hydrogen (secondary N) is 1. The number of thiophene rings is 1. The van der Waals surface area contributed by atoms with Gasteiger partial charge in [-0.2, -0.15) is 0 Å². The molecule has 162 valence electrons. The first-order chi connectivity index (χ1) is 15.6. The van der Waals surface area contributed by atoms with Crippen molar-refractivity contribution in [3.8, 4) is 16.2 Å². The highest BCUT2D eigenvalue weighted by Crippen LogP contribution is 2.36. The summed E-state index contributed by atoms with van der Waals surface area (Å²) < 4.78 is 0.934. The Bertz CT molecular complexity index is 1260. The minimum atomic E-state index is 0.0875. The van der Waals surface area contributed by atoms with Crippen molar-refractivity contribution in [3.63, 3.8) is 0 Å². The van der Waals surface area contributed by atoms with Crippen LogP contribution in [0.2, 0.25) is 0 Å². The van der Waals surface area contributed by atoms with Gasteiger partial charge in [0, 0.05) is 48.4 Å². The number of carbonyl (C=O) groups excluding carboxylic acids is 1. The number of rotatable bonds is 4. The van der Waals surface area contributed by atoms with Crippen LogP contribution >= 0.6 is 11.3 Å². The van der Waals surface area contributed by atoms with Crippen LogP contribution in [-0.4, -0.2) is 64.0 Å². The SMILES string of the molecule is CN1CCN(C(=O)c2ccc(-c3cc4ncnc(Nc5cccc(O)c5)c4s3)cc2)CC1. The van der Waals surface area contributed by atoms with Crippen molar-refractivity contribution in [2.24, 2.45) is 0 Å². The van der Waals surface area contributed by atoms with Crippen LogP contribution in [0.1, 0.15) is 10.4 Å². The summed E-state index contributed by atoms with van der Waals surface area (Å²) in [5.74, 6) is 0.974. The van der Waals surface area contributed by atoms with Gasteiger partial charge in [0.2, 0.25) is 0 Å². The van der Waals surface area contributed by atoms with Crippen LogP contribution < -0.4 is 5.32 Å². The van der Waals surface area contributed by atoms with E-state index in [0.29, 0.717) is 11.4 Å². The Balaban J connectivity index is 1.38. The van der Waals surface area contributed by atoms with Crippen LogP contribution in [0.15, 0.2) is 60.9 Å². The largest absolute Gasteiger partial charge is 0.508 e. The number of aromatic hydroxyl groups is 1. The number of aromatic nitrogens is 2. The predicted octanol–water partition coefficient (Wildman–Crippen LogP) is 4.20. The molecule has 1 amide bonds. The quantitative estimate of drug-likeness (QED) is 0.490. The second-order valence-corrected chi connectivity index (χ2v) is 8.95. The molecule has 0 bridgehead atoms. The molecule has 0 spiro atoms. The van der Waals surface area contributed by atoms with Crippen LogP contribution in [0.25, 0.3) is 20.7 Å². The highest BCUT2D eigenvalue weighted by Gasteiger charge is 2.20. The molecule has 0 saturated carbocycles. The molecule has 1 fully saturated rings. The maximum absolute atomic E-state index is 12.8. The monoisotopic (exact) mass is 445 g/mol. The summed E-state index contributed by atoms with van der Waals surface area (Å²) in [6.07, 6.45) is 1.53. The van der Waals surface area contributed by atoms with E-state index < -0.39 is 0 Å². The molecule has 0 aliphatic carbocycles. The molecule has 5 rings (SSSR count). The molecule has 2 N–H and O–H groups in total. The first kappa shape index (κ1) is 20.4. The Morgan fingerprint density at radius 3 is 2.56 bits per heavy atom. The van der Waals surface area contributed by atoms with E-state index in [1.54, 1.807) is 29.5 Å². The lowest BCUT2D eigenvalue weighted by Crippen LogP contribution is -2.47. The number of likely N-dealkylation sites (N-methyl/N-ethyl adjacent to an activating group) is 1. The Kier molecular flexibility index (Phi) is 5.46. The summed E-state index contributed by atoms with van der Waals surface area (Å²) in [6.45, 7) is 3.35. The zero-order valence-corrected chi connectivity index (χ0v) is 18.5. The first-order valence-corrected chi connectivity index (χ1v) is 11.3. The van der Waals surface area contributed by atoms with Crippen molar-refractivity contribution in [2.45, 2.75) is 0 Å². The zero-order chi connectivity index (χ0) is 22.1. The van der Waals surface area contributed by atoms with Gasteiger partial charge in [0.05, 0.1) is 10.2 Å². The van der Waals surface area contributed by atoms with E-state index in [1.165, 1.54) is 6.33 Å². The van der Waals surface area contributed by atoms with Gasteiger partial charge in [-0.05, 0) is 42.9 Å². The number of nitrogens with zero attached hydrogens (tertiary/aromatic N) is 4. The van der Waals surface area contributed by atoms with Crippen molar-refractivity contribution in [2.75, 3.05) is 38.5 Å². The lowest BCUT2D eigenvalue weighted by molar-refractivity contribution is 0.0664. The van der Waals surface area contributed by atoms with Gasteiger partial charge in [-0.25, -0.2) is 9.97 Å². The van der Waals surface area contributed by atoms with Crippen molar-refractivity contribution in [3.05, 3.63) is 66.5 Å². The summed E-state index contributed by atoms with van der Waals surface area (Å²) in [7, 11) is 2.08. The Morgan fingerprint density at radius 1 is 1.03 bits per heavy atom. The molecule has 0 radical (unpaired) electrons. The number of phenolic OH excluding ortho intramolecular Hbond substituents is 1. The van der Waals surface area contributed by atoms with E-state index in [4.69, 9.17) is 0 Å². The number of amides is 1. The molecule has 1 aliphatic rings. The van der Waals surface area contributed by atoms with Gasteiger partial charge < -0.3 is 20.2 Å². The van der Waals surface area contributed by atoms with Gasteiger partial charge in [0.25, 0.3) is 5.91 Å². The minimum Gasteiger partial charge on any atom is -0.508 e. The fourth-order valence-electron chi connectivity index (χ4n) is 3.78. The number of piperazine rings is 1. The molecule has 7 nitrogen and oxygen atoms in total. The second kappa shape index (κ2) is 8.57. The van der Waals surface area contributed by atoms with E-state index in [1.807, 2.05) is 41.3 Å². The molecule has 2 aromatic carbocycles. The normalized spacial score (nSPS) is 14.6. The van der Waals surface area contributed by atoms with Crippen LogP contribution in [-0.2, 0) is 0 Å². The number of hydrogen-bond donors (Lipinski definition) is 2. The number of fused-ring (bicyclic) bond motifs is 1. The van der Waals surface area contributed by atoms with Crippen LogP contribution in [0.3, 0.4) is 0 Å². The third-order valence-electron chi connectivity index (χ3n) is 5.63. The lowest BCUT2D eigenvalue weighted by Gasteiger charge is -2.32. The smallest absolute Gasteiger partial charge is 0.253 e. The number of phenols is 1. The van der Waals surface area contributed by atoms with E-state index in [-0.39, 0.29) is 11.7 Å². The fraction of sp³-hybridized carbons (Fsp3) is 0.208. The lowest BCUT2D eigenvalue weighted by atomic mass is 10.1. The molecule has 2 aromatic heterocycles. The fourth-order valence-corrected chi connectivity index (χ4v) is 4.84. The molecule has 1 saturated heterocycles. The third-order valence-corrected chi connectivity index (χ3v) is 6.81. The molecule has 0 atom stereocenters. The molecule has 0 unspecified atom stereocenters. The van der Waals surface area contributed by atoms with E-state index >= 15 is 0 Å². The summed E-state index contributed by atoms with van der Waals surface area (Å²) in [6, 6.07) is 16.7. The van der Waals surface area contributed by atoms with Gasteiger partial charge in [0.1, 0.15) is 12.1 Å². The van der Waals surface area contributed by atoms with Crippen molar-refractivity contribution in [1.82, 2.24) is 19.8 Å². The Morgan fingerprint density at radius 2 is 1.81 bits per heavy atom. The van der Waals surface area contributed by atoms with E-state index in [0.717, 1.165) is 52.5 Å². The maximum atomic E-state index is 12.8. The van der Waals surface area contributed by atoms with Gasteiger partial charge in [-0.15, -0.1) is 11.3 Å². The van der Waals surface area contributed by atoms with E-state index in [2.05, 4.69) is 27.2 Å². The average molecular weight is 446 g/mol. The van der Waals surface area contributed by atoms with Crippen LogP contribution in [0, 0.1) is 0 Å². The zero-order valence-electron chi connectivity index (χ0n) is 17.7. The molecule has 32 heavy (non-hydrogen) atoms. The molecule has 8 heteroatoms. The summed E-state index contributed by atoms with van der Waals surface area (Å²) in [5.41, 5.74) is 3.35. The summed E-state index contributed by atoms with van der Waals surface area (Å²) in [5, 5.41) is 13.0. The Hall–Kier alpha value is -3.49. The van der Waals surface area contributed by atoms with Crippen LogP contribution in [0.4, 0.5) is 11.5 Å². The minimum absolute atomic E-state index is 0.0875. The molecule has 3 heterocycles. The highest BCUT2D eigenvalue weighted by atomic mass is 32.1.